The zero-order valence-electron chi connectivity index (χ0n) is 14.9. The van der Waals surface area contributed by atoms with E-state index in [4.69, 9.17) is 4.74 Å². The third-order valence-corrected chi connectivity index (χ3v) is 3.93. The third-order valence-electron chi connectivity index (χ3n) is 3.44. The minimum atomic E-state index is -0.446. The normalized spacial score (nSPS) is 12.8. The first-order chi connectivity index (χ1) is 10.7. The van der Waals surface area contributed by atoms with Crippen molar-refractivity contribution in [1.82, 2.24) is 10.2 Å². The van der Waals surface area contributed by atoms with E-state index in [1.807, 2.05) is 39.8 Å². The molecule has 0 aromatic heterocycles. The van der Waals surface area contributed by atoms with Gasteiger partial charge in [-0.25, -0.2) is 4.79 Å². The van der Waals surface area contributed by atoms with Crippen LogP contribution in [0.5, 0.6) is 0 Å². The molecule has 0 spiro atoms. The fraction of sp³-hybridized carbons (Fsp3) is 0.611. The number of halogens is 1. The van der Waals surface area contributed by atoms with E-state index in [2.05, 4.69) is 40.3 Å². The molecule has 1 unspecified atom stereocenters. The molecule has 1 aromatic rings. The molecule has 1 N–H and O–H groups in total. The number of carbonyl (C=O) groups excluding carboxylic acids is 1. The summed E-state index contributed by atoms with van der Waals surface area (Å²) >= 11 is 3.49. The number of hydrogen-bond acceptors (Lipinski definition) is 3. The van der Waals surface area contributed by atoms with Gasteiger partial charge in [0.25, 0.3) is 0 Å². The Morgan fingerprint density at radius 2 is 2.09 bits per heavy atom. The van der Waals surface area contributed by atoms with Crippen molar-refractivity contribution in [3.8, 4) is 0 Å². The lowest BCUT2D eigenvalue weighted by Crippen LogP contribution is -2.38. The summed E-state index contributed by atoms with van der Waals surface area (Å²) in [6.07, 6.45) is 0.658. The Morgan fingerprint density at radius 1 is 1.39 bits per heavy atom. The summed E-state index contributed by atoms with van der Waals surface area (Å²) in [5, 5.41) is 3.49. The quantitative estimate of drug-likeness (QED) is 0.689. The van der Waals surface area contributed by atoms with E-state index in [0.29, 0.717) is 13.1 Å². The largest absolute Gasteiger partial charge is 0.444 e. The third kappa shape index (κ3) is 7.84. The predicted octanol–water partition coefficient (Wildman–Crippen LogP) is 4.75. The summed E-state index contributed by atoms with van der Waals surface area (Å²) in [5.74, 6) is 0. The van der Waals surface area contributed by atoms with Crippen molar-refractivity contribution in [3.05, 3.63) is 34.3 Å². The lowest BCUT2D eigenvalue weighted by Gasteiger charge is -2.26. The summed E-state index contributed by atoms with van der Waals surface area (Å²) in [6, 6.07) is 8.58. The Hall–Kier alpha value is -1.07. The van der Waals surface area contributed by atoms with Gasteiger partial charge in [-0.05, 0) is 65.3 Å². The number of benzene rings is 1. The molecule has 5 heteroatoms. The summed E-state index contributed by atoms with van der Waals surface area (Å²) in [7, 11) is 0. The first-order valence-electron chi connectivity index (χ1n) is 8.19. The zero-order chi connectivity index (χ0) is 17.5. The van der Waals surface area contributed by atoms with Gasteiger partial charge in [-0.2, -0.15) is 0 Å². The molecule has 0 fully saturated rings. The minimum Gasteiger partial charge on any atom is -0.444 e. The predicted molar refractivity (Wildman–Crippen MR) is 98.7 cm³/mol. The lowest BCUT2D eigenvalue weighted by atomic mass is 10.1. The number of amides is 1. The minimum absolute atomic E-state index is 0.236. The molecule has 1 amide bonds. The highest BCUT2D eigenvalue weighted by molar-refractivity contribution is 9.10. The van der Waals surface area contributed by atoms with E-state index in [1.54, 1.807) is 4.90 Å². The first kappa shape index (κ1) is 20.0. The molecular formula is C18H29BrN2O2. The van der Waals surface area contributed by atoms with Crippen LogP contribution in [0.1, 0.15) is 52.6 Å². The van der Waals surface area contributed by atoms with Crippen molar-refractivity contribution < 1.29 is 9.53 Å². The molecule has 0 heterocycles. The molecule has 0 saturated heterocycles. The summed E-state index contributed by atoms with van der Waals surface area (Å²) in [5.41, 5.74) is 0.802. The molecule has 23 heavy (non-hydrogen) atoms. The second-order valence-corrected chi connectivity index (χ2v) is 7.56. The van der Waals surface area contributed by atoms with Gasteiger partial charge in [0, 0.05) is 23.6 Å². The van der Waals surface area contributed by atoms with Crippen LogP contribution in [0.25, 0.3) is 0 Å². The molecular weight excluding hydrogens is 356 g/mol. The van der Waals surface area contributed by atoms with Crippen LogP contribution < -0.4 is 5.32 Å². The maximum atomic E-state index is 12.1. The van der Waals surface area contributed by atoms with Crippen LogP contribution in [-0.4, -0.2) is 36.2 Å². The fourth-order valence-electron chi connectivity index (χ4n) is 2.19. The standard InChI is InChI=1S/C18H29BrN2O2/c1-6-21(17(22)23-18(3,4)5)12-8-11-20-14(2)15-9-7-10-16(19)13-15/h7,9-10,13-14,20H,6,8,11-12H2,1-5H3. The number of nitrogens with one attached hydrogen (secondary N) is 1. The van der Waals surface area contributed by atoms with Crippen LogP contribution >= 0.6 is 15.9 Å². The molecule has 0 aliphatic rings. The van der Waals surface area contributed by atoms with Crippen LogP contribution in [0.15, 0.2) is 28.7 Å². The van der Waals surface area contributed by atoms with Crippen LogP contribution in [0.2, 0.25) is 0 Å². The second-order valence-electron chi connectivity index (χ2n) is 6.64. The highest BCUT2D eigenvalue weighted by Crippen LogP contribution is 2.17. The van der Waals surface area contributed by atoms with Gasteiger partial charge < -0.3 is 15.0 Å². The van der Waals surface area contributed by atoms with Gasteiger partial charge in [0.1, 0.15) is 5.60 Å². The highest BCUT2D eigenvalue weighted by Gasteiger charge is 2.20. The van der Waals surface area contributed by atoms with E-state index in [0.717, 1.165) is 17.4 Å². The summed E-state index contributed by atoms with van der Waals surface area (Å²) < 4.78 is 6.50. The number of nitrogens with zero attached hydrogens (tertiary/aromatic N) is 1. The SMILES string of the molecule is CCN(CCCNC(C)c1cccc(Br)c1)C(=O)OC(C)(C)C. The molecule has 1 atom stereocenters. The molecule has 0 radical (unpaired) electrons. The van der Waals surface area contributed by atoms with Crippen LogP contribution in [0.4, 0.5) is 4.79 Å². The Morgan fingerprint density at radius 3 is 2.65 bits per heavy atom. The van der Waals surface area contributed by atoms with Crippen molar-refractivity contribution in [1.29, 1.82) is 0 Å². The molecule has 1 aromatic carbocycles. The fourth-order valence-corrected chi connectivity index (χ4v) is 2.60. The van der Waals surface area contributed by atoms with Gasteiger partial charge in [-0.1, -0.05) is 28.1 Å². The zero-order valence-corrected chi connectivity index (χ0v) is 16.4. The monoisotopic (exact) mass is 384 g/mol. The second kappa shape index (κ2) is 9.28. The van der Waals surface area contributed by atoms with E-state index in [1.165, 1.54) is 5.56 Å². The van der Waals surface area contributed by atoms with Gasteiger partial charge in [-0.15, -0.1) is 0 Å². The van der Waals surface area contributed by atoms with E-state index < -0.39 is 5.60 Å². The average molecular weight is 385 g/mol. The smallest absolute Gasteiger partial charge is 0.410 e. The van der Waals surface area contributed by atoms with E-state index in [-0.39, 0.29) is 12.1 Å². The van der Waals surface area contributed by atoms with Gasteiger partial charge in [0.05, 0.1) is 0 Å². The van der Waals surface area contributed by atoms with Gasteiger partial charge >= 0.3 is 6.09 Å². The molecule has 0 bridgehead atoms. The van der Waals surface area contributed by atoms with Crippen LogP contribution in [-0.2, 0) is 4.74 Å². The van der Waals surface area contributed by atoms with Crippen molar-refractivity contribution in [2.45, 2.75) is 52.7 Å². The Labute approximate surface area is 148 Å². The number of ether oxygens (including phenoxy) is 1. The van der Waals surface area contributed by atoms with Crippen molar-refractivity contribution in [3.63, 3.8) is 0 Å². The maximum absolute atomic E-state index is 12.1. The van der Waals surface area contributed by atoms with Gasteiger partial charge in [-0.3, -0.25) is 0 Å². The summed E-state index contributed by atoms with van der Waals surface area (Å²) in [6.45, 7) is 12.0. The highest BCUT2D eigenvalue weighted by atomic mass is 79.9. The van der Waals surface area contributed by atoms with Gasteiger partial charge in [0.15, 0.2) is 0 Å². The van der Waals surface area contributed by atoms with Crippen LogP contribution in [0, 0.1) is 0 Å². The maximum Gasteiger partial charge on any atom is 0.410 e. The van der Waals surface area contributed by atoms with Gasteiger partial charge in [0.2, 0.25) is 0 Å². The molecule has 0 saturated carbocycles. The Kier molecular flexibility index (Phi) is 8.06. The summed E-state index contributed by atoms with van der Waals surface area (Å²) in [4.78, 5) is 13.8. The Balaban J connectivity index is 2.36. The van der Waals surface area contributed by atoms with Crippen LogP contribution in [0.3, 0.4) is 0 Å². The van der Waals surface area contributed by atoms with E-state index >= 15 is 0 Å². The first-order valence-corrected chi connectivity index (χ1v) is 8.99. The lowest BCUT2D eigenvalue weighted by molar-refractivity contribution is 0.0258. The molecule has 130 valence electrons. The van der Waals surface area contributed by atoms with Crippen molar-refractivity contribution >= 4 is 22.0 Å². The molecule has 1 rings (SSSR count). The number of hydrogen-bond donors (Lipinski definition) is 1. The molecule has 0 aliphatic heterocycles. The topological polar surface area (TPSA) is 41.6 Å². The number of rotatable bonds is 7. The van der Waals surface area contributed by atoms with E-state index in [9.17, 15) is 4.79 Å². The molecule has 4 nitrogen and oxygen atoms in total. The number of carbonyl (C=O) groups is 1. The molecule has 0 aliphatic carbocycles. The van der Waals surface area contributed by atoms with Crippen molar-refractivity contribution in [2.75, 3.05) is 19.6 Å². The van der Waals surface area contributed by atoms with Crippen molar-refractivity contribution in [2.24, 2.45) is 0 Å². The average Bonchev–Trinajstić information content (AvgIpc) is 2.45. The Bertz CT molecular complexity index is 500.